The van der Waals surface area contributed by atoms with Crippen molar-refractivity contribution in [2.24, 2.45) is 0 Å². The lowest BCUT2D eigenvalue weighted by Gasteiger charge is -2.10. The Bertz CT molecular complexity index is 1490. The second-order valence-corrected chi connectivity index (χ2v) is 8.23. The van der Waals surface area contributed by atoms with E-state index < -0.39 is 17.8 Å². The van der Waals surface area contributed by atoms with Gasteiger partial charge in [0.1, 0.15) is 5.82 Å². The van der Waals surface area contributed by atoms with Crippen LogP contribution in [0.1, 0.15) is 21.7 Å². The maximum absolute atomic E-state index is 13.7. The molecule has 0 aliphatic heterocycles. The lowest BCUT2D eigenvalue weighted by Crippen LogP contribution is -2.16. The zero-order chi connectivity index (χ0) is 23.9. The fraction of sp³-hybridized carbons (Fsp3) is 0.0909. The Balaban J connectivity index is 1.41. The summed E-state index contributed by atoms with van der Waals surface area (Å²) in [6.45, 7) is 0.270. The van der Waals surface area contributed by atoms with Gasteiger partial charge >= 0.3 is 6.18 Å². The molecular formula is C22H14F4N6OS. The van der Waals surface area contributed by atoms with Crippen LogP contribution < -0.4 is 5.32 Å². The number of carbonyl (C=O) groups is 1. The summed E-state index contributed by atoms with van der Waals surface area (Å²) >= 11 is 1.25. The van der Waals surface area contributed by atoms with Crippen LogP contribution in [0.25, 0.3) is 16.2 Å². The molecule has 0 unspecified atom stereocenters. The molecule has 1 N–H and O–H groups in total. The number of amides is 1. The molecule has 4 heterocycles. The van der Waals surface area contributed by atoms with Gasteiger partial charge in [-0.2, -0.15) is 23.4 Å². The summed E-state index contributed by atoms with van der Waals surface area (Å²) in [6, 6.07) is 13.0. The van der Waals surface area contributed by atoms with Crippen LogP contribution in [0.4, 0.5) is 23.4 Å². The highest BCUT2D eigenvalue weighted by Crippen LogP contribution is 2.33. The van der Waals surface area contributed by atoms with Crippen LogP contribution in [0.2, 0.25) is 0 Å². The molecule has 5 rings (SSSR count). The maximum Gasteiger partial charge on any atom is 0.433 e. The fourth-order valence-electron chi connectivity index (χ4n) is 3.36. The van der Waals surface area contributed by atoms with Gasteiger partial charge in [-0.05, 0) is 35.2 Å². The van der Waals surface area contributed by atoms with E-state index >= 15 is 0 Å². The standard InChI is InChI=1S/C22H14F4N6OS/c23-14-4-1-3-13(9-14)12-31-7-6-19(30-31)28-21(33)16-11-20-27-15(17-5-2-8-34-17)10-18(22(24,25)26)32(20)29-16/h1-11H,12H2,(H,28,30,33). The number of aromatic nitrogens is 5. The Morgan fingerprint density at radius 3 is 2.65 bits per heavy atom. The third-order valence-electron chi connectivity index (χ3n) is 4.84. The topological polar surface area (TPSA) is 77.1 Å². The molecule has 172 valence electrons. The van der Waals surface area contributed by atoms with E-state index in [0.717, 1.165) is 6.07 Å². The van der Waals surface area contributed by atoms with Gasteiger partial charge in [-0.3, -0.25) is 9.48 Å². The molecule has 0 bridgehead atoms. The molecule has 1 amide bonds. The summed E-state index contributed by atoms with van der Waals surface area (Å²) in [7, 11) is 0. The van der Waals surface area contributed by atoms with Crippen LogP contribution in [0.15, 0.2) is 66.2 Å². The number of fused-ring (bicyclic) bond motifs is 1. The minimum atomic E-state index is -4.71. The first-order chi connectivity index (χ1) is 16.3. The van der Waals surface area contributed by atoms with Crippen molar-refractivity contribution < 1.29 is 22.4 Å². The van der Waals surface area contributed by atoms with Gasteiger partial charge in [0.15, 0.2) is 22.9 Å². The SMILES string of the molecule is O=C(Nc1ccn(Cc2cccc(F)c2)n1)c1cc2nc(-c3cccs3)cc(C(F)(F)F)n2n1. The molecule has 0 radical (unpaired) electrons. The Labute approximate surface area is 193 Å². The highest BCUT2D eigenvalue weighted by molar-refractivity contribution is 7.13. The quantitative estimate of drug-likeness (QED) is 0.350. The first-order valence-corrected chi connectivity index (χ1v) is 10.8. The number of thiophene rings is 1. The molecule has 7 nitrogen and oxygen atoms in total. The number of carbonyl (C=O) groups excluding carboxylic acids is 1. The molecule has 0 fully saturated rings. The molecular weight excluding hydrogens is 472 g/mol. The summed E-state index contributed by atoms with van der Waals surface area (Å²) in [5, 5.41) is 12.3. The van der Waals surface area contributed by atoms with Gasteiger partial charge in [0, 0.05) is 18.3 Å². The third-order valence-corrected chi connectivity index (χ3v) is 5.73. The van der Waals surface area contributed by atoms with Crippen molar-refractivity contribution in [3.63, 3.8) is 0 Å². The minimum Gasteiger partial charge on any atom is -0.304 e. The van der Waals surface area contributed by atoms with Gasteiger partial charge in [-0.15, -0.1) is 11.3 Å². The van der Waals surface area contributed by atoms with Crippen LogP contribution in [0, 0.1) is 5.82 Å². The van der Waals surface area contributed by atoms with E-state index in [4.69, 9.17) is 0 Å². The largest absolute Gasteiger partial charge is 0.433 e. The number of hydrogen-bond acceptors (Lipinski definition) is 5. The van der Waals surface area contributed by atoms with Crippen molar-refractivity contribution in [3.8, 4) is 10.6 Å². The lowest BCUT2D eigenvalue weighted by atomic mass is 10.2. The number of halogens is 4. The van der Waals surface area contributed by atoms with Gasteiger partial charge in [0.2, 0.25) is 0 Å². The van der Waals surface area contributed by atoms with E-state index in [-0.39, 0.29) is 35.2 Å². The monoisotopic (exact) mass is 486 g/mol. The average molecular weight is 486 g/mol. The van der Waals surface area contributed by atoms with Crippen molar-refractivity contribution in [3.05, 3.63) is 88.9 Å². The molecule has 4 aromatic heterocycles. The normalized spacial score (nSPS) is 11.8. The maximum atomic E-state index is 13.7. The van der Waals surface area contributed by atoms with Gasteiger partial charge in [0.25, 0.3) is 5.91 Å². The van der Waals surface area contributed by atoms with Crippen LogP contribution >= 0.6 is 11.3 Å². The van der Waals surface area contributed by atoms with Gasteiger partial charge in [-0.1, -0.05) is 18.2 Å². The van der Waals surface area contributed by atoms with Gasteiger partial charge in [0.05, 0.1) is 17.1 Å². The molecule has 5 aromatic rings. The van der Waals surface area contributed by atoms with E-state index in [0.29, 0.717) is 15.0 Å². The Morgan fingerprint density at radius 1 is 1.06 bits per heavy atom. The Kier molecular flexibility index (Phi) is 5.36. The number of rotatable bonds is 5. The first-order valence-electron chi connectivity index (χ1n) is 9.87. The van der Waals surface area contributed by atoms with E-state index in [1.807, 2.05) is 0 Å². The van der Waals surface area contributed by atoms with E-state index in [1.54, 1.807) is 35.8 Å². The van der Waals surface area contributed by atoms with Crippen molar-refractivity contribution in [1.29, 1.82) is 0 Å². The highest BCUT2D eigenvalue weighted by Gasteiger charge is 2.35. The van der Waals surface area contributed by atoms with E-state index in [2.05, 4.69) is 20.5 Å². The second kappa shape index (κ2) is 8.37. The molecule has 0 aliphatic rings. The third kappa shape index (κ3) is 4.39. The lowest BCUT2D eigenvalue weighted by molar-refractivity contribution is -0.142. The van der Waals surface area contributed by atoms with Crippen LogP contribution in [0.3, 0.4) is 0 Å². The van der Waals surface area contributed by atoms with Gasteiger partial charge < -0.3 is 5.32 Å². The zero-order valence-corrected chi connectivity index (χ0v) is 17.9. The van der Waals surface area contributed by atoms with Crippen LogP contribution in [0.5, 0.6) is 0 Å². The predicted molar refractivity (Wildman–Crippen MR) is 117 cm³/mol. The summed E-state index contributed by atoms with van der Waals surface area (Å²) in [6.07, 6.45) is -3.12. The summed E-state index contributed by atoms with van der Waals surface area (Å²) in [5.74, 6) is -0.951. The summed E-state index contributed by atoms with van der Waals surface area (Å²) in [5.41, 5.74) is -0.591. The van der Waals surface area contributed by atoms with E-state index in [9.17, 15) is 22.4 Å². The average Bonchev–Trinajstić information content (AvgIpc) is 3.53. The van der Waals surface area contributed by atoms with Crippen molar-refractivity contribution >= 4 is 28.7 Å². The summed E-state index contributed by atoms with van der Waals surface area (Å²) < 4.78 is 56.5. The number of nitrogens with one attached hydrogen (secondary N) is 1. The molecule has 0 spiro atoms. The van der Waals surface area contributed by atoms with Crippen LogP contribution in [-0.4, -0.2) is 30.3 Å². The van der Waals surface area contributed by atoms with Crippen molar-refractivity contribution in [2.45, 2.75) is 12.7 Å². The van der Waals surface area contributed by atoms with Crippen molar-refractivity contribution in [2.75, 3.05) is 5.32 Å². The van der Waals surface area contributed by atoms with Crippen molar-refractivity contribution in [1.82, 2.24) is 24.4 Å². The predicted octanol–water partition coefficient (Wildman–Crippen LogP) is 5.11. The van der Waals surface area contributed by atoms with Gasteiger partial charge in [-0.25, -0.2) is 13.9 Å². The molecule has 34 heavy (non-hydrogen) atoms. The molecule has 0 atom stereocenters. The fourth-order valence-corrected chi connectivity index (χ4v) is 4.04. The highest BCUT2D eigenvalue weighted by atomic mass is 32.1. The molecule has 12 heteroatoms. The smallest absolute Gasteiger partial charge is 0.304 e. The van der Waals surface area contributed by atoms with Crippen LogP contribution in [-0.2, 0) is 12.7 Å². The minimum absolute atomic E-state index is 0.111. The molecule has 0 aliphatic carbocycles. The number of anilines is 1. The Hall–Kier alpha value is -4.06. The number of benzene rings is 1. The zero-order valence-electron chi connectivity index (χ0n) is 17.1. The number of hydrogen-bond donors (Lipinski definition) is 1. The van der Waals surface area contributed by atoms with E-state index in [1.165, 1.54) is 40.3 Å². The Morgan fingerprint density at radius 2 is 1.91 bits per heavy atom. The molecule has 1 aromatic carbocycles. The summed E-state index contributed by atoms with van der Waals surface area (Å²) in [4.78, 5) is 17.5. The first kappa shape index (κ1) is 21.8. The number of nitrogens with zero attached hydrogens (tertiary/aromatic N) is 5. The molecule has 0 saturated carbocycles. The molecule has 0 saturated heterocycles. The number of alkyl halides is 3. The second-order valence-electron chi connectivity index (χ2n) is 7.28.